The summed E-state index contributed by atoms with van der Waals surface area (Å²) in [6.45, 7) is 5.10. The Kier molecular flexibility index (Phi) is 6.38. The fourth-order valence-electron chi connectivity index (χ4n) is 2.24. The first kappa shape index (κ1) is 16.2. The molecule has 6 heteroatoms. The molecule has 0 aromatic heterocycles. The van der Waals surface area contributed by atoms with Crippen molar-refractivity contribution in [3.63, 3.8) is 0 Å². The summed E-state index contributed by atoms with van der Waals surface area (Å²) in [6, 6.07) is 9.40. The van der Waals surface area contributed by atoms with Gasteiger partial charge in [0.1, 0.15) is 13.1 Å². The molecule has 1 saturated heterocycles. The number of nitrogens with one attached hydrogen (secondary N) is 2. The lowest BCUT2D eigenvalue weighted by Gasteiger charge is -2.23. The Morgan fingerprint density at radius 3 is 2.62 bits per heavy atom. The highest BCUT2D eigenvalue weighted by Gasteiger charge is 2.13. The van der Waals surface area contributed by atoms with E-state index in [9.17, 15) is 8.42 Å². The number of quaternary nitrogens is 1. The minimum atomic E-state index is -3.35. The maximum Gasteiger partial charge on any atom is 0.233 e. The van der Waals surface area contributed by atoms with Gasteiger partial charge >= 0.3 is 0 Å². The van der Waals surface area contributed by atoms with E-state index in [1.54, 1.807) is 6.08 Å². The third kappa shape index (κ3) is 6.39. The summed E-state index contributed by atoms with van der Waals surface area (Å²) in [5.74, 6) is 0. The number of ether oxygens (including phenoxy) is 1. The second-order valence-corrected chi connectivity index (χ2v) is 6.77. The lowest BCUT2D eigenvalue weighted by molar-refractivity contribution is -0.908. The molecule has 1 aromatic rings. The molecule has 5 nitrogen and oxygen atoms in total. The van der Waals surface area contributed by atoms with Crippen molar-refractivity contribution in [3.8, 4) is 0 Å². The summed E-state index contributed by atoms with van der Waals surface area (Å²) in [4.78, 5) is 1.49. The predicted octanol–water partition coefficient (Wildman–Crippen LogP) is -0.118. The second-order valence-electron chi connectivity index (χ2n) is 5.12. The van der Waals surface area contributed by atoms with Gasteiger partial charge in [-0.15, -0.1) is 0 Å². The van der Waals surface area contributed by atoms with Crippen LogP contribution < -0.4 is 9.62 Å². The average Bonchev–Trinajstić information content (AvgIpc) is 2.52. The molecule has 1 aliphatic rings. The zero-order valence-corrected chi connectivity index (χ0v) is 12.9. The first-order chi connectivity index (χ1) is 10.2. The summed E-state index contributed by atoms with van der Waals surface area (Å²) in [5, 5.41) is 1.23. The first-order valence-electron chi connectivity index (χ1n) is 7.30. The predicted molar refractivity (Wildman–Crippen MR) is 83.4 cm³/mol. The molecule has 1 fully saturated rings. The Hall–Kier alpha value is -1.21. The van der Waals surface area contributed by atoms with Gasteiger partial charge in [0.15, 0.2) is 0 Å². The quantitative estimate of drug-likeness (QED) is 0.691. The molecule has 0 radical (unpaired) electrons. The SMILES string of the molecule is O=S(=O)(/C=C/c1ccccc1)NCCC[NH+]1CCOCC1. The Morgan fingerprint density at radius 2 is 1.90 bits per heavy atom. The van der Waals surface area contributed by atoms with Gasteiger partial charge in [-0.25, -0.2) is 13.1 Å². The van der Waals surface area contributed by atoms with E-state index in [1.165, 1.54) is 10.3 Å². The highest BCUT2D eigenvalue weighted by molar-refractivity contribution is 7.92. The van der Waals surface area contributed by atoms with Crippen molar-refractivity contribution < 1.29 is 18.1 Å². The number of sulfonamides is 1. The number of hydrogen-bond donors (Lipinski definition) is 2. The van der Waals surface area contributed by atoms with Crippen molar-refractivity contribution in [1.82, 2.24) is 4.72 Å². The van der Waals surface area contributed by atoms with Crippen LogP contribution >= 0.6 is 0 Å². The fraction of sp³-hybridized carbons (Fsp3) is 0.467. The molecule has 116 valence electrons. The molecule has 1 aliphatic heterocycles. The summed E-state index contributed by atoms with van der Waals surface area (Å²) >= 11 is 0. The Balaban J connectivity index is 1.70. The van der Waals surface area contributed by atoms with Crippen LogP contribution in [0.2, 0.25) is 0 Å². The maximum absolute atomic E-state index is 11.8. The van der Waals surface area contributed by atoms with E-state index in [-0.39, 0.29) is 0 Å². The van der Waals surface area contributed by atoms with Crippen molar-refractivity contribution >= 4 is 16.1 Å². The molecular formula is C15H23N2O3S+. The number of benzene rings is 1. The molecule has 0 amide bonds. The van der Waals surface area contributed by atoms with Crippen molar-refractivity contribution in [3.05, 3.63) is 41.3 Å². The molecule has 21 heavy (non-hydrogen) atoms. The Labute approximate surface area is 126 Å². The van der Waals surface area contributed by atoms with Gasteiger partial charge < -0.3 is 9.64 Å². The standard InChI is InChI=1S/C15H22N2O3S/c18-21(19,14-7-15-5-2-1-3-6-15)16-8-4-9-17-10-12-20-13-11-17/h1-3,5-7,14,16H,4,8-13H2/p+1/b14-7+. The van der Waals surface area contributed by atoms with E-state index >= 15 is 0 Å². The van der Waals surface area contributed by atoms with Crippen molar-refractivity contribution in [1.29, 1.82) is 0 Å². The van der Waals surface area contributed by atoms with Gasteiger partial charge in [-0.3, -0.25) is 0 Å². The smallest absolute Gasteiger partial charge is 0.233 e. The average molecular weight is 311 g/mol. The zero-order valence-electron chi connectivity index (χ0n) is 12.1. The van der Waals surface area contributed by atoms with Crippen molar-refractivity contribution in [2.24, 2.45) is 0 Å². The van der Waals surface area contributed by atoms with Gasteiger partial charge in [0.2, 0.25) is 10.0 Å². The van der Waals surface area contributed by atoms with Gasteiger partial charge in [0.05, 0.1) is 19.8 Å². The minimum Gasteiger partial charge on any atom is -0.370 e. The van der Waals surface area contributed by atoms with Gasteiger partial charge in [-0.05, 0) is 11.6 Å². The molecule has 0 saturated carbocycles. The van der Waals surface area contributed by atoms with E-state index in [0.717, 1.165) is 44.8 Å². The van der Waals surface area contributed by atoms with Gasteiger partial charge in [0.25, 0.3) is 0 Å². The van der Waals surface area contributed by atoms with E-state index in [1.807, 2.05) is 30.3 Å². The van der Waals surface area contributed by atoms with E-state index in [0.29, 0.717) is 6.54 Å². The van der Waals surface area contributed by atoms with Crippen LogP contribution in [0.5, 0.6) is 0 Å². The molecule has 0 spiro atoms. The summed E-state index contributed by atoms with van der Waals surface area (Å²) < 4.78 is 31.6. The fourth-order valence-corrected chi connectivity index (χ4v) is 3.10. The number of morpholine rings is 1. The third-order valence-corrected chi connectivity index (χ3v) is 4.55. The molecule has 1 heterocycles. The molecule has 1 aromatic carbocycles. The Bertz CT molecular complexity index is 537. The molecule has 0 aliphatic carbocycles. The van der Waals surface area contributed by atoms with Crippen molar-refractivity contribution in [2.45, 2.75) is 6.42 Å². The van der Waals surface area contributed by atoms with Gasteiger partial charge in [-0.1, -0.05) is 30.3 Å². The summed E-state index contributed by atoms with van der Waals surface area (Å²) in [6.07, 6.45) is 2.45. The monoisotopic (exact) mass is 311 g/mol. The van der Waals surface area contributed by atoms with Crippen molar-refractivity contribution in [2.75, 3.05) is 39.4 Å². The van der Waals surface area contributed by atoms with Crippen LogP contribution in [0.15, 0.2) is 35.7 Å². The van der Waals surface area contributed by atoms with E-state index in [2.05, 4.69) is 4.72 Å². The van der Waals surface area contributed by atoms with E-state index in [4.69, 9.17) is 4.74 Å². The second kappa shape index (κ2) is 8.29. The van der Waals surface area contributed by atoms with Crippen LogP contribution in [0.1, 0.15) is 12.0 Å². The number of hydrogen-bond acceptors (Lipinski definition) is 3. The molecule has 2 N–H and O–H groups in total. The highest BCUT2D eigenvalue weighted by atomic mass is 32.2. The van der Waals surface area contributed by atoms with Crippen LogP contribution in [0.4, 0.5) is 0 Å². The largest absolute Gasteiger partial charge is 0.370 e. The van der Waals surface area contributed by atoms with Gasteiger partial charge in [0, 0.05) is 18.4 Å². The minimum absolute atomic E-state index is 0.478. The molecule has 0 unspecified atom stereocenters. The van der Waals surface area contributed by atoms with Crippen LogP contribution in [0.3, 0.4) is 0 Å². The zero-order chi connectivity index (χ0) is 15.0. The first-order valence-corrected chi connectivity index (χ1v) is 8.84. The number of rotatable bonds is 7. The normalized spacial score (nSPS) is 17.3. The maximum atomic E-state index is 11.8. The Morgan fingerprint density at radius 1 is 1.19 bits per heavy atom. The topological polar surface area (TPSA) is 59.8 Å². The van der Waals surface area contributed by atoms with Crippen LogP contribution in [0, 0.1) is 0 Å². The van der Waals surface area contributed by atoms with E-state index < -0.39 is 10.0 Å². The van der Waals surface area contributed by atoms with Gasteiger partial charge in [-0.2, -0.15) is 0 Å². The molecular weight excluding hydrogens is 288 g/mol. The third-order valence-electron chi connectivity index (χ3n) is 3.45. The lowest BCUT2D eigenvalue weighted by Crippen LogP contribution is -3.14. The van der Waals surface area contributed by atoms with Crippen LogP contribution in [-0.2, 0) is 14.8 Å². The van der Waals surface area contributed by atoms with Crippen LogP contribution in [-0.4, -0.2) is 47.8 Å². The molecule has 0 bridgehead atoms. The molecule has 0 atom stereocenters. The molecule has 2 rings (SSSR count). The lowest BCUT2D eigenvalue weighted by atomic mass is 10.2. The summed E-state index contributed by atoms with van der Waals surface area (Å²) in [7, 11) is -3.35. The van der Waals surface area contributed by atoms with Crippen LogP contribution in [0.25, 0.3) is 6.08 Å². The highest BCUT2D eigenvalue weighted by Crippen LogP contribution is 2.02. The summed E-state index contributed by atoms with van der Waals surface area (Å²) in [5.41, 5.74) is 0.876.